The maximum atomic E-state index is 6.05. The van der Waals surface area contributed by atoms with Gasteiger partial charge in [-0.25, -0.2) is 0 Å². The van der Waals surface area contributed by atoms with Gasteiger partial charge < -0.3 is 5.73 Å². The zero-order valence-electron chi connectivity index (χ0n) is 9.08. The average molecular weight is 310 g/mol. The molecule has 5 heteroatoms. The van der Waals surface area contributed by atoms with Gasteiger partial charge in [0.2, 0.25) is 0 Å². The fourth-order valence-electron chi connectivity index (χ4n) is 1.33. The zero-order chi connectivity index (χ0) is 12.1. The summed E-state index contributed by atoms with van der Waals surface area (Å²) in [5, 5.41) is 0. The van der Waals surface area contributed by atoms with Crippen molar-refractivity contribution >= 4 is 27.7 Å². The number of nitrogens with two attached hydrogens (primary N) is 1. The highest BCUT2D eigenvalue weighted by Gasteiger charge is 2.07. The molecule has 0 aliphatic rings. The van der Waals surface area contributed by atoms with Crippen LogP contribution in [0.3, 0.4) is 0 Å². The first-order chi connectivity index (χ1) is 8.25. The molecule has 88 valence electrons. The zero-order valence-corrected chi connectivity index (χ0v) is 11.5. The lowest BCUT2D eigenvalue weighted by molar-refractivity contribution is 0.783. The molecule has 0 fully saturated rings. The van der Waals surface area contributed by atoms with Crippen LogP contribution in [0, 0.1) is 0 Å². The van der Waals surface area contributed by atoms with Crippen molar-refractivity contribution in [3.05, 3.63) is 53.0 Å². The van der Waals surface area contributed by atoms with Crippen molar-refractivity contribution in [1.82, 2.24) is 9.97 Å². The molecule has 2 aromatic rings. The Labute approximate surface area is 113 Å². The lowest BCUT2D eigenvalue weighted by Crippen LogP contribution is -2.14. The molecule has 1 unspecified atom stereocenters. The van der Waals surface area contributed by atoms with Crippen molar-refractivity contribution in [2.24, 2.45) is 5.73 Å². The third-order valence-corrected chi connectivity index (χ3v) is 3.79. The molecule has 2 rings (SSSR count). The second-order valence-corrected chi connectivity index (χ2v) is 5.51. The van der Waals surface area contributed by atoms with E-state index in [9.17, 15) is 0 Å². The van der Waals surface area contributed by atoms with Gasteiger partial charge in [-0.2, -0.15) is 0 Å². The van der Waals surface area contributed by atoms with Gasteiger partial charge in [-0.1, -0.05) is 22.0 Å². The molecule has 17 heavy (non-hydrogen) atoms. The molecule has 1 aromatic carbocycles. The Hall–Kier alpha value is -0.910. The quantitative estimate of drug-likeness (QED) is 0.882. The average Bonchev–Trinajstić information content (AvgIpc) is 2.37. The van der Waals surface area contributed by atoms with Gasteiger partial charge >= 0.3 is 0 Å². The van der Waals surface area contributed by atoms with Crippen molar-refractivity contribution in [3.8, 4) is 0 Å². The SMILES string of the molecule is NC(CSc1cccc(Br)c1)c1cnccn1. The van der Waals surface area contributed by atoms with Crippen LogP contribution >= 0.6 is 27.7 Å². The second-order valence-electron chi connectivity index (χ2n) is 3.51. The minimum atomic E-state index is -0.0901. The molecule has 2 N–H and O–H groups in total. The molecule has 0 saturated heterocycles. The van der Waals surface area contributed by atoms with E-state index in [0.717, 1.165) is 15.9 Å². The van der Waals surface area contributed by atoms with Crippen LogP contribution in [0.4, 0.5) is 0 Å². The molecule has 1 heterocycles. The molecular weight excluding hydrogens is 298 g/mol. The predicted octanol–water partition coefficient (Wildman–Crippen LogP) is 3.03. The van der Waals surface area contributed by atoms with Gasteiger partial charge in [0, 0.05) is 33.7 Å². The third-order valence-electron chi connectivity index (χ3n) is 2.19. The number of hydrogen-bond acceptors (Lipinski definition) is 4. The Morgan fingerprint density at radius 1 is 1.35 bits per heavy atom. The van der Waals surface area contributed by atoms with E-state index in [1.807, 2.05) is 12.1 Å². The third kappa shape index (κ3) is 3.80. The summed E-state index contributed by atoms with van der Waals surface area (Å²) in [5.74, 6) is 0.787. The van der Waals surface area contributed by atoms with Gasteiger partial charge in [-0.3, -0.25) is 9.97 Å². The minimum absolute atomic E-state index is 0.0901. The van der Waals surface area contributed by atoms with Gasteiger partial charge in [0.1, 0.15) is 0 Å². The Morgan fingerprint density at radius 2 is 2.24 bits per heavy atom. The Balaban J connectivity index is 1.95. The summed E-state index contributed by atoms with van der Waals surface area (Å²) in [5.41, 5.74) is 6.87. The lowest BCUT2D eigenvalue weighted by Gasteiger charge is -2.09. The molecule has 0 aliphatic carbocycles. The van der Waals surface area contributed by atoms with Crippen LogP contribution in [-0.4, -0.2) is 15.7 Å². The first-order valence-electron chi connectivity index (χ1n) is 5.15. The summed E-state index contributed by atoms with van der Waals surface area (Å²) in [6, 6.07) is 8.08. The highest BCUT2D eigenvalue weighted by Crippen LogP contribution is 2.24. The summed E-state index contributed by atoms with van der Waals surface area (Å²) < 4.78 is 1.08. The van der Waals surface area contributed by atoms with E-state index >= 15 is 0 Å². The standard InChI is InChI=1S/C12H12BrN3S/c13-9-2-1-3-10(6-9)17-8-11(14)12-7-15-4-5-16-12/h1-7,11H,8,14H2. The fourth-order valence-corrected chi connectivity index (χ4v) is 2.81. The number of aromatic nitrogens is 2. The van der Waals surface area contributed by atoms with E-state index in [1.54, 1.807) is 30.4 Å². The van der Waals surface area contributed by atoms with Crippen LogP contribution in [0.15, 0.2) is 52.2 Å². The van der Waals surface area contributed by atoms with Crippen LogP contribution in [0.1, 0.15) is 11.7 Å². The van der Waals surface area contributed by atoms with Gasteiger partial charge in [-0.15, -0.1) is 11.8 Å². The Bertz CT molecular complexity index is 478. The van der Waals surface area contributed by atoms with E-state index in [-0.39, 0.29) is 6.04 Å². The highest BCUT2D eigenvalue weighted by molar-refractivity contribution is 9.10. The van der Waals surface area contributed by atoms with E-state index in [0.29, 0.717) is 0 Å². The number of hydrogen-bond donors (Lipinski definition) is 1. The minimum Gasteiger partial charge on any atom is -0.322 e. The molecule has 0 aliphatic heterocycles. The van der Waals surface area contributed by atoms with Crippen LogP contribution in [-0.2, 0) is 0 Å². The van der Waals surface area contributed by atoms with Gasteiger partial charge in [0.05, 0.1) is 11.7 Å². The van der Waals surface area contributed by atoms with Gasteiger partial charge in [0.15, 0.2) is 0 Å². The Morgan fingerprint density at radius 3 is 2.94 bits per heavy atom. The fraction of sp³-hybridized carbons (Fsp3) is 0.167. The summed E-state index contributed by atoms with van der Waals surface area (Å²) >= 11 is 5.16. The van der Waals surface area contributed by atoms with Crippen LogP contribution in [0.2, 0.25) is 0 Å². The monoisotopic (exact) mass is 309 g/mol. The van der Waals surface area contributed by atoms with Crippen molar-refractivity contribution in [3.63, 3.8) is 0 Å². The smallest absolute Gasteiger partial charge is 0.0762 e. The molecule has 0 radical (unpaired) electrons. The normalized spacial score (nSPS) is 12.4. The summed E-state index contributed by atoms with van der Waals surface area (Å²) in [4.78, 5) is 9.41. The largest absolute Gasteiger partial charge is 0.322 e. The molecule has 3 nitrogen and oxygen atoms in total. The maximum absolute atomic E-state index is 6.05. The molecule has 0 saturated carbocycles. The highest BCUT2D eigenvalue weighted by atomic mass is 79.9. The van der Waals surface area contributed by atoms with Crippen LogP contribution < -0.4 is 5.73 Å². The first-order valence-corrected chi connectivity index (χ1v) is 6.93. The second kappa shape index (κ2) is 6.14. The summed E-state index contributed by atoms with van der Waals surface area (Å²) in [6.45, 7) is 0. The molecular formula is C12H12BrN3S. The first kappa shape index (κ1) is 12.5. The van der Waals surface area contributed by atoms with E-state index in [1.165, 1.54) is 4.90 Å². The van der Waals surface area contributed by atoms with Crippen molar-refractivity contribution in [2.75, 3.05) is 5.75 Å². The summed E-state index contributed by atoms with van der Waals surface area (Å²) in [7, 11) is 0. The number of nitrogens with zero attached hydrogens (tertiary/aromatic N) is 2. The summed E-state index contributed by atoms with van der Waals surface area (Å²) in [6.07, 6.45) is 5.03. The van der Waals surface area contributed by atoms with Gasteiger partial charge in [-0.05, 0) is 18.2 Å². The van der Waals surface area contributed by atoms with E-state index in [2.05, 4.69) is 38.0 Å². The van der Waals surface area contributed by atoms with E-state index in [4.69, 9.17) is 5.73 Å². The Kier molecular flexibility index (Phi) is 4.53. The van der Waals surface area contributed by atoms with Crippen molar-refractivity contribution < 1.29 is 0 Å². The van der Waals surface area contributed by atoms with Gasteiger partial charge in [0.25, 0.3) is 0 Å². The number of rotatable bonds is 4. The molecule has 0 spiro atoms. The topological polar surface area (TPSA) is 51.8 Å². The lowest BCUT2D eigenvalue weighted by atomic mass is 10.3. The molecule has 1 atom stereocenters. The molecule has 1 aromatic heterocycles. The van der Waals surface area contributed by atoms with E-state index < -0.39 is 0 Å². The molecule has 0 bridgehead atoms. The van der Waals surface area contributed by atoms with Crippen molar-refractivity contribution in [2.45, 2.75) is 10.9 Å². The number of halogens is 1. The number of thioether (sulfide) groups is 1. The number of benzene rings is 1. The van der Waals surface area contributed by atoms with Crippen molar-refractivity contribution in [1.29, 1.82) is 0 Å². The molecule has 0 amide bonds. The predicted molar refractivity (Wildman–Crippen MR) is 73.8 cm³/mol. The van der Waals surface area contributed by atoms with Crippen LogP contribution in [0.5, 0.6) is 0 Å². The van der Waals surface area contributed by atoms with Crippen LogP contribution in [0.25, 0.3) is 0 Å². The maximum Gasteiger partial charge on any atom is 0.0762 e.